The normalized spacial score (nSPS) is 15.0. The lowest BCUT2D eigenvalue weighted by molar-refractivity contribution is -0.126. The Hall–Kier alpha value is -1.32. The van der Waals surface area contributed by atoms with Gasteiger partial charge in [0.1, 0.15) is 5.82 Å². The van der Waals surface area contributed by atoms with Gasteiger partial charge in [-0.2, -0.15) is 0 Å². The monoisotopic (exact) mass is 209 g/mol. The van der Waals surface area contributed by atoms with Gasteiger partial charge in [0.05, 0.1) is 6.04 Å². The Morgan fingerprint density at radius 1 is 1.40 bits per heavy atom. The summed E-state index contributed by atoms with van der Waals surface area (Å²) < 4.78 is 0. The highest BCUT2D eigenvalue weighted by Gasteiger charge is 2.19. The lowest BCUT2D eigenvalue weighted by Crippen LogP contribution is -2.34. The SMILES string of the molecule is CC(NC(=O)C(C)C(C)C)c1ncc[nH]1. The second-order valence-corrected chi connectivity index (χ2v) is 4.24. The van der Waals surface area contributed by atoms with E-state index in [1.807, 2.05) is 27.7 Å². The second-order valence-electron chi connectivity index (χ2n) is 4.24. The van der Waals surface area contributed by atoms with Crippen LogP contribution in [0.5, 0.6) is 0 Å². The highest BCUT2D eigenvalue weighted by Crippen LogP contribution is 2.12. The number of aromatic nitrogens is 2. The Morgan fingerprint density at radius 3 is 2.53 bits per heavy atom. The van der Waals surface area contributed by atoms with E-state index >= 15 is 0 Å². The molecule has 4 heteroatoms. The molecular weight excluding hydrogens is 190 g/mol. The van der Waals surface area contributed by atoms with Crippen molar-refractivity contribution in [1.82, 2.24) is 15.3 Å². The zero-order chi connectivity index (χ0) is 11.4. The summed E-state index contributed by atoms with van der Waals surface area (Å²) in [4.78, 5) is 18.8. The van der Waals surface area contributed by atoms with Crippen molar-refractivity contribution in [1.29, 1.82) is 0 Å². The molecule has 1 amide bonds. The van der Waals surface area contributed by atoms with Crippen molar-refractivity contribution < 1.29 is 4.79 Å². The molecule has 4 nitrogen and oxygen atoms in total. The van der Waals surface area contributed by atoms with Crippen LogP contribution in [0.4, 0.5) is 0 Å². The zero-order valence-corrected chi connectivity index (χ0v) is 9.74. The highest BCUT2D eigenvalue weighted by atomic mass is 16.1. The lowest BCUT2D eigenvalue weighted by Gasteiger charge is -2.18. The van der Waals surface area contributed by atoms with Crippen LogP contribution in [-0.2, 0) is 4.79 Å². The lowest BCUT2D eigenvalue weighted by atomic mass is 9.97. The van der Waals surface area contributed by atoms with Crippen LogP contribution in [0.3, 0.4) is 0 Å². The maximum Gasteiger partial charge on any atom is 0.223 e. The van der Waals surface area contributed by atoms with Gasteiger partial charge in [0.25, 0.3) is 0 Å². The van der Waals surface area contributed by atoms with Gasteiger partial charge >= 0.3 is 0 Å². The van der Waals surface area contributed by atoms with Crippen LogP contribution in [0, 0.1) is 11.8 Å². The van der Waals surface area contributed by atoms with E-state index < -0.39 is 0 Å². The van der Waals surface area contributed by atoms with E-state index in [9.17, 15) is 4.79 Å². The van der Waals surface area contributed by atoms with Crippen LogP contribution in [0.1, 0.15) is 39.6 Å². The maximum absolute atomic E-state index is 11.7. The molecule has 2 N–H and O–H groups in total. The van der Waals surface area contributed by atoms with Crippen LogP contribution in [0.2, 0.25) is 0 Å². The number of hydrogen-bond acceptors (Lipinski definition) is 2. The Balaban J connectivity index is 2.52. The first kappa shape index (κ1) is 11.8. The molecule has 1 aromatic rings. The molecule has 1 heterocycles. The van der Waals surface area contributed by atoms with Crippen LogP contribution >= 0.6 is 0 Å². The minimum absolute atomic E-state index is 0.0300. The van der Waals surface area contributed by atoms with Gasteiger partial charge in [-0.25, -0.2) is 4.98 Å². The van der Waals surface area contributed by atoms with Gasteiger partial charge in [0.15, 0.2) is 0 Å². The van der Waals surface area contributed by atoms with Gasteiger partial charge in [-0.15, -0.1) is 0 Å². The minimum atomic E-state index is -0.0614. The predicted molar refractivity (Wildman–Crippen MR) is 59.1 cm³/mol. The first-order valence-electron chi connectivity index (χ1n) is 5.32. The molecule has 0 fully saturated rings. The van der Waals surface area contributed by atoms with Crippen LogP contribution in [-0.4, -0.2) is 15.9 Å². The Kier molecular flexibility index (Phi) is 3.88. The smallest absolute Gasteiger partial charge is 0.223 e. The molecule has 0 aliphatic carbocycles. The molecule has 0 aliphatic rings. The zero-order valence-electron chi connectivity index (χ0n) is 9.74. The van der Waals surface area contributed by atoms with Crippen LogP contribution in [0.25, 0.3) is 0 Å². The number of H-pyrrole nitrogens is 1. The molecule has 0 aromatic carbocycles. The largest absolute Gasteiger partial charge is 0.347 e. The Labute approximate surface area is 90.5 Å². The summed E-state index contributed by atoms with van der Waals surface area (Å²) in [6.45, 7) is 7.95. The summed E-state index contributed by atoms with van der Waals surface area (Å²) in [6, 6.07) is -0.0614. The number of nitrogens with zero attached hydrogens (tertiary/aromatic N) is 1. The van der Waals surface area contributed by atoms with Crippen molar-refractivity contribution in [3.63, 3.8) is 0 Å². The third-order valence-electron chi connectivity index (χ3n) is 2.70. The van der Waals surface area contributed by atoms with Gasteiger partial charge in [-0.1, -0.05) is 20.8 Å². The molecule has 0 radical (unpaired) electrons. The van der Waals surface area contributed by atoms with Crippen molar-refractivity contribution >= 4 is 5.91 Å². The molecule has 0 bridgehead atoms. The molecule has 15 heavy (non-hydrogen) atoms. The summed E-state index contributed by atoms with van der Waals surface area (Å²) in [7, 11) is 0. The molecule has 0 aliphatic heterocycles. The minimum Gasteiger partial charge on any atom is -0.347 e. The fourth-order valence-electron chi connectivity index (χ4n) is 1.23. The third-order valence-corrected chi connectivity index (χ3v) is 2.70. The van der Waals surface area contributed by atoms with Crippen molar-refractivity contribution in [3.8, 4) is 0 Å². The van der Waals surface area contributed by atoms with Gasteiger partial charge in [0.2, 0.25) is 5.91 Å². The number of nitrogens with one attached hydrogen (secondary N) is 2. The molecule has 2 unspecified atom stereocenters. The summed E-state index contributed by atoms with van der Waals surface area (Å²) in [5.41, 5.74) is 0. The van der Waals surface area contributed by atoms with E-state index in [0.29, 0.717) is 5.92 Å². The average Bonchev–Trinajstić information content (AvgIpc) is 2.68. The van der Waals surface area contributed by atoms with E-state index in [1.165, 1.54) is 0 Å². The number of amides is 1. The maximum atomic E-state index is 11.7. The second kappa shape index (κ2) is 4.96. The first-order valence-corrected chi connectivity index (χ1v) is 5.32. The van der Waals surface area contributed by atoms with Crippen molar-refractivity contribution in [3.05, 3.63) is 18.2 Å². The summed E-state index contributed by atoms with van der Waals surface area (Å²) in [6.07, 6.45) is 3.44. The summed E-state index contributed by atoms with van der Waals surface area (Å²) in [5.74, 6) is 1.25. The van der Waals surface area contributed by atoms with E-state index in [4.69, 9.17) is 0 Å². The number of aromatic amines is 1. The quantitative estimate of drug-likeness (QED) is 0.795. The molecule has 0 saturated carbocycles. The van der Waals surface area contributed by atoms with Gasteiger partial charge < -0.3 is 10.3 Å². The topological polar surface area (TPSA) is 57.8 Å². The van der Waals surface area contributed by atoms with E-state index in [1.54, 1.807) is 12.4 Å². The van der Waals surface area contributed by atoms with Gasteiger partial charge in [-0.05, 0) is 12.8 Å². The van der Waals surface area contributed by atoms with Crippen molar-refractivity contribution in [2.45, 2.75) is 33.7 Å². The summed E-state index contributed by atoms with van der Waals surface area (Å²) in [5, 5.41) is 2.93. The molecule has 0 spiro atoms. The van der Waals surface area contributed by atoms with E-state index in [-0.39, 0.29) is 17.9 Å². The van der Waals surface area contributed by atoms with Gasteiger partial charge in [-0.3, -0.25) is 4.79 Å². The summed E-state index contributed by atoms with van der Waals surface area (Å²) >= 11 is 0. The Morgan fingerprint density at radius 2 is 2.07 bits per heavy atom. The molecule has 1 aromatic heterocycles. The van der Waals surface area contributed by atoms with Gasteiger partial charge in [0, 0.05) is 18.3 Å². The molecule has 1 rings (SSSR count). The van der Waals surface area contributed by atoms with E-state index in [0.717, 1.165) is 5.82 Å². The Bertz CT molecular complexity index is 306. The first-order chi connectivity index (χ1) is 7.02. The van der Waals surface area contributed by atoms with Crippen molar-refractivity contribution in [2.24, 2.45) is 11.8 Å². The fourth-order valence-corrected chi connectivity index (χ4v) is 1.23. The average molecular weight is 209 g/mol. The highest BCUT2D eigenvalue weighted by molar-refractivity contribution is 5.78. The number of carbonyl (C=O) groups excluding carboxylic acids is 1. The number of hydrogen-bond donors (Lipinski definition) is 2. The molecule has 2 atom stereocenters. The third kappa shape index (κ3) is 3.08. The van der Waals surface area contributed by atoms with Crippen LogP contribution < -0.4 is 5.32 Å². The van der Waals surface area contributed by atoms with Crippen molar-refractivity contribution in [2.75, 3.05) is 0 Å². The standard InChI is InChI=1S/C11H19N3O/c1-7(2)8(3)11(15)14-9(4)10-12-5-6-13-10/h5-9H,1-4H3,(H,12,13)(H,14,15). The number of carbonyl (C=O) groups is 1. The molecule has 0 saturated heterocycles. The molecule has 84 valence electrons. The number of rotatable bonds is 4. The van der Waals surface area contributed by atoms with E-state index in [2.05, 4.69) is 15.3 Å². The predicted octanol–water partition coefficient (Wildman–Crippen LogP) is 1.88. The fraction of sp³-hybridized carbons (Fsp3) is 0.636. The van der Waals surface area contributed by atoms with Crippen LogP contribution in [0.15, 0.2) is 12.4 Å². The number of imidazole rings is 1. The molecular formula is C11H19N3O.